The van der Waals surface area contributed by atoms with Gasteiger partial charge in [-0.2, -0.15) is 0 Å². The zero-order valence-electron chi connectivity index (χ0n) is 8.73. The van der Waals surface area contributed by atoms with E-state index in [2.05, 4.69) is 32.9 Å². The van der Waals surface area contributed by atoms with Crippen molar-refractivity contribution in [2.45, 2.75) is 26.2 Å². The summed E-state index contributed by atoms with van der Waals surface area (Å²) in [7, 11) is 0. The van der Waals surface area contributed by atoms with Gasteiger partial charge >= 0.3 is 103 Å². The maximum absolute atomic E-state index is 3.18. The SMILES string of the molecule is CC(C)(C)c1[c-]cc[c-]c1.[K+].[K+]. The summed E-state index contributed by atoms with van der Waals surface area (Å²) in [5, 5.41) is 0. The van der Waals surface area contributed by atoms with Crippen LogP contribution in [0.25, 0.3) is 0 Å². The molecule has 1 rings (SSSR count). The Morgan fingerprint density at radius 2 is 1.67 bits per heavy atom. The Morgan fingerprint density at radius 3 is 1.92 bits per heavy atom. The number of benzene rings is 1. The van der Waals surface area contributed by atoms with Gasteiger partial charge in [-0.1, -0.05) is 26.2 Å². The summed E-state index contributed by atoms with van der Waals surface area (Å²) in [6.45, 7) is 6.52. The van der Waals surface area contributed by atoms with Crippen LogP contribution in [0.1, 0.15) is 26.3 Å². The molecule has 0 aliphatic rings. The van der Waals surface area contributed by atoms with Crippen LogP contribution in [0.2, 0.25) is 0 Å². The van der Waals surface area contributed by atoms with Crippen LogP contribution in [0.5, 0.6) is 0 Å². The van der Waals surface area contributed by atoms with E-state index in [0.29, 0.717) is 0 Å². The Bertz CT molecular complexity index is 199. The van der Waals surface area contributed by atoms with Crippen molar-refractivity contribution in [1.82, 2.24) is 0 Å². The van der Waals surface area contributed by atoms with Crippen molar-refractivity contribution in [3.63, 3.8) is 0 Å². The van der Waals surface area contributed by atoms with Gasteiger partial charge in [-0.3, -0.25) is 23.8 Å². The minimum atomic E-state index is 0. The first-order valence-electron chi connectivity index (χ1n) is 3.49. The van der Waals surface area contributed by atoms with Gasteiger partial charge < -0.3 is 12.1 Å². The second-order valence-corrected chi connectivity index (χ2v) is 3.45. The van der Waals surface area contributed by atoms with Crippen molar-refractivity contribution < 1.29 is 103 Å². The van der Waals surface area contributed by atoms with E-state index in [1.807, 2.05) is 18.2 Å². The predicted molar refractivity (Wildman–Crippen MR) is 42.8 cm³/mol. The van der Waals surface area contributed by atoms with Gasteiger partial charge in [0.15, 0.2) is 0 Å². The quantitative estimate of drug-likeness (QED) is 0.309. The Kier molecular flexibility index (Phi) is 10.9. The van der Waals surface area contributed by atoms with Gasteiger partial charge in [-0.15, -0.1) is 0 Å². The Balaban J connectivity index is 0. The summed E-state index contributed by atoms with van der Waals surface area (Å²) in [6.07, 6.45) is 0. The molecule has 0 spiro atoms. The molecule has 1 aromatic rings. The van der Waals surface area contributed by atoms with Crippen LogP contribution in [0.4, 0.5) is 0 Å². The number of hydrogen-bond acceptors (Lipinski definition) is 0. The molecule has 0 saturated heterocycles. The number of hydrogen-bond donors (Lipinski definition) is 0. The molecule has 0 fully saturated rings. The van der Waals surface area contributed by atoms with Gasteiger partial charge in [0.1, 0.15) is 0 Å². The van der Waals surface area contributed by atoms with Gasteiger partial charge in [0, 0.05) is 0 Å². The van der Waals surface area contributed by atoms with Crippen molar-refractivity contribution in [1.29, 1.82) is 0 Å². The van der Waals surface area contributed by atoms with E-state index in [-0.39, 0.29) is 108 Å². The minimum Gasteiger partial charge on any atom is -0.319 e. The Morgan fingerprint density at radius 1 is 1.08 bits per heavy atom. The molecule has 0 N–H and O–H groups in total. The van der Waals surface area contributed by atoms with E-state index < -0.39 is 0 Å². The van der Waals surface area contributed by atoms with Gasteiger partial charge in [0.05, 0.1) is 0 Å². The van der Waals surface area contributed by atoms with Gasteiger partial charge in [0.25, 0.3) is 0 Å². The van der Waals surface area contributed by atoms with E-state index in [9.17, 15) is 0 Å². The van der Waals surface area contributed by atoms with E-state index in [4.69, 9.17) is 0 Å². The van der Waals surface area contributed by atoms with Crippen LogP contribution in [-0.2, 0) is 5.41 Å². The van der Waals surface area contributed by atoms with E-state index in [0.717, 1.165) is 0 Å². The third-order valence-electron chi connectivity index (χ3n) is 1.45. The first-order valence-corrected chi connectivity index (χ1v) is 3.49. The molecule has 0 bridgehead atoms. The molecular weight excluding hydrogens is 198 g/mol. The summed E-state index contributed by atoms with van der Waals surface area (Å²) in [6, 6.07) is 12.0. The van der Waals surface area contributed by atoms with Crippen LogP contribution >= 0.6 is 0 Å². The fraction of sp³-hybridized carbons (Fsp3) is 0.400. The zero-order valence-corrected chi connectivity index (χ0v) is 15.0. The summed E-state index contributed by atoms with van der Waals surface area (Å²) in [5.41, 5.74) is 1.42. The van der Waals surface area contributed by atoms with Crippen LogP contribution in [0.15, 0.2) is 18.2 Å². The van der Waals surface area contributed by atoms with Crippen LogP contribution in [-0.4, -0.2) is 0 Å². The number of rotatable bonds is 0. The fourth-order valence-corrected chi connectivity index (χ4v) is 0.786. The summed E-state index contributed by atoms with van der Waals surface area (Å²) in [4.78, 5) is 0. The molecule has 0 saturated carbocycles. The monoisotopic (exact) mass is 210 g/mol. The van der Waals surface area contributed by atoms with Crippen molar-refractivity contribution in [3.05, 3.63) is 35.9 Å². The molecule has 1 aromatic carbocycles. The smallest absolute Gasteiger partial charge is 0.319 e. The Labute approximate surface area is 161 Å². The molecule has 0 radical (unpaired) electrons. The first kappa shape index (κ1) is 16.9. The maximum atomic E-state index is 3.18. The molecule has 0 nitrogen and oxygen atoms in total. The average molecular weight is 210 g/mol. The molecule has 0 atom stereocenters. The normalized spacial score (nSPS) is 9.58. The molecule has 0 amide bonds. The van der Waals surface area contributed by atoms with E-state index >= 15 is 0 Å². The van der Waals surface area contributed by atoms with Crippen LogP contribution < -0.4 is 103 Å². The summed E-state index contributed by atoms with van der Waals surface area (Å²) in [5.74, 6) is 0. The van der Waals surface area contributed by atoms with Gasteiger partial charge in [-0.05, 0) is 0 Å². The molecule has 0 aromatic heterocycles. The second-order valence-electron chi connectivity index (χ2n) is 3.45. The topological polar surface area (TPSA) is 0 Å². The standard InChI is InChI=1S/C10H12.2K/c1-10(2,3)9-7-5-4-6-8-9;;/h4-5,8H,1-3H3;;/q-2;2*+1. The molecule has 54 valence electrons. The van der Waals surface area contributed by atoms with Crippen LogP contribution in [0.3, 0.4) is 0 Å². The maximum Gasteiger partial charge on any atom is 1.00 e. The van der Waals surface area contributed by atoms with Crippen molar-refractivity contribution >= 4 is 0 Å². The van der Waals surface area contributed by atoms with Gasteiger partial charge in [0.2, 0.25) is 0 Å². The third kappa shape index (κ3) is 6.07. The van der Waals surface area contributed by atoms with Crippen molar-refractivity contribution in [2.24, 2.45) is 0 Å². The molecule has 12 heavy (non-hydrogen) atoms. The minimum absolute atomic E-state index is 0. The predicted octanol–water partition coefficient (Wildman–Crippen LogP) is -3.41. The first-order chi connectivity index (χ1) is 4.61. The molecule has 0 unspecified atom stereocenters. The third-order valence-corrected chi connectivity index (χ3v) is 1.45. The van der Waals surface area contributed by atoms with Gasteiger partial charge in [-0.25, -0.2) is 0 Å². The van der Waals surface area contributed by atoms with Crippen molar-refractivity contribution in [2.75, 3.05) is 0 Å². The fourth-order valence-electron chi connectivity index (χ4n) is 0.786. The summed E-state index contributed by atoms with van der Waals surface area (Å²) >= 11 is 0. The molecule has 0 heterocycles. The van der Waals surface area contributed by atoms with Crippen LogP contribution in [0, 0.1) is 12.1 Å². The Hall–Kier alpha value is 2.49. The van der Waals surface area contributed by atoms with Crippen molar-refractivity contribution in [3.8, 4) is 0 Å². The molecular formula is C10H12K2. The summed E-state index contributed by atoms with van der Waals surface area (Å²) < 4.78 is 0. The average Bonchev–Trinajstić information content (AvgIpc) is 1.88. The molecule has 0 aliphatic heterocycles. The van der Waals surface area contributed by atoms with E-state index in [1.54, 1.807) is 0 Å². The zero-order chi connectivity index (χ0) is 7.61. The van der Waals surface area contributed by atoms with E-state index in [1.165, 1.54) is 5.56 Å². The largest absolute Gasteiger partial charge is 1.00 e. The molecule has 2 heteroatoms. The molecule has 0 aliphatic carbocycles. The second kappa shape index (κ2) is 7.74.